The number of carbonyl (C=O) groups excluding carboxylic acids is 1. The van der Waals surface area contributed by atoms with E-state index in [1.165, 1.54) is 16.0 Å². The molecule has 2 atom stereocenters. The van der Waals surface area contributed by atoms with Crippen molar-refractivity contribution in [2.75, 3.05) is 6.61 Å². The van der Waals surface area contributed by atoms with Gasteiger partial charge in [0.05, 0.1) is 0 Å². The van der Waals surface area contributed by atoms with Crippen molar-refractivity contribution in [1.29, 1.82) is 0 Å². The van der Waals surface area contributed by atoms with Gasteiger partial charge in [-0.15, -0.1) is 0 Å². The van der Waals surface area contributed by atoms with Gasteiger partial charge in [0.15, 0.2) is 0 Å². The van der Waals surface area contributed by atoms with Crippen molar-refractivity contribution in [2.45, 2.75) is 31.3 Å². The van der Waals surface area contributed by atoms with E-state index in [1.807, 2.05) is 31.2 Å². The molecule has 0 bridgehead atoms. The van der Waals surface area contributed by atoms with Gasteiger partial charge in [0.25, 0.3) is 0 Å². The highest BCUT2D eigenvalue weighted by Crippen LogP contribution is 2.44. The first-order chi connectivity index (χ1) is 12.1. The molecule has 0 saturated carbocycles. The van der Waals surface area contributed by atoms with E-state index < -0.39 is 18.1 Å². The zero-order valence-corrected chi connectivity index (χ0v) is 13.9. The van der Waals surface area contributed by atoms with Gasteiger partial charge in [0, 0.05) is 12.0 Å². The molecule has 0 aromatic heterocycles. The number of benzene rings is 2. The molecule has 1 fully saturated rings. The van der Waals surface area contributed by atoms with Gasteiger partial charge < -0.3 is 9.84 Å². The number of hydrogen-bond acceptors (Lipinski definition) is 3. The maximum atomic E-state index is 12.4. The fourth-order valence-corrected chi connectivity index (χ4v) is 3.91. The van der Waals surface area contributed by atoms with Crippen LogP contribution in [0.15, 0.2) is 48.5 Å². The van der Waals surface area contributed by atoms with Crippen LogP contribution in [0.5, 0.6) is 0 Å². The molecule has 5 heteroatoms. The normalized spacial score (nSPS) is 21.2. The number of fused-ring (bicyclic) bond motifs is 3. The van der Waals surface area contributed by atoms with Gasteiger partial charge in [0.1, 0.15) is 12.6 Å². The number of nitrogens with zero attached hydrogens (tertiary/aromatic N) is 1. The van der Waals surface area contributed by atoms with Crippen molar-refractivity contribution in [3.05, 3.63) is 59.7 Å². The highest BCUT2D eigenvalue weighted by molar-refractivity contribution is 5.83. The lowest BCUT2D eigenvalue weighted by atomic mass is 9.95. The molecule has 4 rings (SSSR count). The van der Waals surface area contributed by atoms with Gasteiger partial charge in [0.2, 0.25) is 0 Å². The summed E-state index contributed by atoms with van der Waals surface area (Å²) >= 11 is 0. The number of amides is 1. The number of likely N-dealkylation sites (tertiary alicyclic amines) is 1. The Morgan fingerprint density at radius 3 is 2.16 bits per heavy atom. The van der Waals surface area contributed by atoms with Crippen LogP contribution < -0.4 is 0 Å². The standard InChI is InChI=1S/C20H19NO4/c1-12-10-18(19(22)23)21(12)20(24)25-11-17-15-8-4-2-6-13(15)14-7-3-5-9-16(14)17/h2-9,12,17-18H,10-11H2,1H3,(H,22,23)/t12-,18-/m1/s1. The summed E-state index contributed by atoms with van der Waals surface area (Å²) < 4.78 is 5.52. The van der Waals surface area contributed by atoms with E-state index in [4.69, 9.17) is 9.84 Å². The van der Waals surface area contributed by atoms with Crippen LogP contribution in [-0.2, 0) is 9.53 Å². The second-order valence-electron chi connectivity index (χ2n) is 6.65. The predicted octanol–water partition coefficient (Wildman–Crippen LogP) is 3.48. The third kappa shape index (κ3) is 2.47. The second kappa shape index (κ2) is 5.92. The Morgan fingerprint density at radius 2 is 1.64 bits per heavy atom. The van der Waals surface area contributed by atoms with Gasteiger partial charge >= 0.3 is 12.1 Å². The molecule has 2 aliphatic rings. The van der Waals surface area contributed by atoms with Gasteiger partial charge in [-0.1, -0.05) is 48.5 Å². The van der Waals surface area contributed by atoms with Gasteiger partial charge in [-0.3, -0.25) is 4.90 Å². The Hall–Kier alpha value is -2.82. The van der Waals surface area contributed by atoms with Crippen LogP contribution in [-0.4, -0.2) is 40.8 Å². The molecule has 0 unspecified atom stereocenters. The number of ether oxygens (including phenoxy) is 1. The number of hydrogen-bond donors (Lipinski definition) is 1. The first kappa shape index (κ1) is 15.7. The molecular weight excluding hydrogens is 318 g/mol. The van der Waals surface area contributed by atoms with Crippen LogP contribution in [0.1, 0.15) is 30.4 Å². The number of carbonyl (C=O) groups is 2. The molecule has 1 aliphatic carbocycles. The van der Waals surface area contributed by atoms with E-state index in [9.17, 15) is 9.59 Å². The van der Waals surface area contributed by atoms with Gasteiger partial charge in [-0.2, -0.15) is 0 Å². The monoisotopic (exact) mass is 337 g/mol. The fraction of sp³-hybridized carbons (Fsp3) is 0.300. The molecule has 0 radical (unpaired) electrons. The maximum absolute atomic E-state index is 12.4. The Kier molecular flexibility index (Phi) is 3.71. The average molecular weight is 337 g/mol. The Bertz CT molecular complexity index is 802. The van der Waals surface area contributed by atoms with E-state index in [1.54, 1.807) is 0 Å². The Balaban J connectivity index is 1.54. The van der Waals surface area contributed by atoms with Crippen LogP contribution in [0, 0.1) is 0 Å². The summed E-state index contributed by atoms with van der Waals surface area (Å²) in [6.07, 6.45) is -0.0764. The van der Waals surface area contributed by atoms with Crippen LogP contribution in [0.25, 0.3) is 11.1 Å². The zero-order chi connectivity index (χ0) is 17.6. The van der Waals surface area contributed by atoms with E-state index in [2.05, 4.69) is 24.3 Å². The Labute approximate surface area is 145 Å². The number of carboxylic acid groups (broad SMARTS) is 1. The van der Waals surface area contributed by atoms with Crippen molar-refractivity contribution in [3.63, 3.8) is 0 Å². The minimum atomic E-state index is -0.980. The smallest absolute Gasteiger partial charge is 0.410 e. The van der Waals surface area contributed by atoms with Crippen molar-refractivity contribution in [1.82, 2.24) is 4.90 Å². The molecule has 1 amide bonds. The lowest BCUT2D eigenvalue weighted by Gasteiger charge is -2.43. The van der Waals surface area contributed by atoms with Crippen molar-refractivity contribution in [3.8, 4) is 11.1 Å². The average Bonchev–Trinajstić information content (AvgIpc) is 2.91. The molecule has 5 nitrogen and oxygen atoms in total. The largest absolute Gasteiger partial charge is 0.480 e. The summed E-state index contributed by atoms with van der Waals surface area (Å²) in [6, 6.07) is 15.4. The summed E-state index contributed by atoms with van der Waals surface area (Å²) in [5.41, 5.74) is 4.62. The topological polar surface area (TPSA) is 66.8 Å². The van der Waals surface area contributed by atoms with E-state index in [0.29, 0.717) is 6.42 Å². The molecule has 1 N–H and O–H groups in total. The highest BCUT2D eigenvalue weighted by atomic mass is 16.6. The second-order valence-corrected chi connectivity index (χ2v) is 6.65. The molecular formula is C20H19NO4. The number of aliphatic carboxylic acids is 1. The SMILES string of the molecule is C[C@@H]1C[C@H](C(=O)O)N1C(=O)OCC1c2ccccc2-c2ccccc21. The predicted molar refractivity (Wildman–Crippen MR) is 92.4 cm³/mol. The van der Waals surface area contributed by atoms with E-state index in [0.717, 1.165) is 11.1 Å². The number of carboxylic acids is 1. The summed E-state index contributed by atoms with van der Waals surface area (Å²) in [5, 5.41) is 9.16. The molecule has 1 aliphatic heterocycles. The molecule has 2 aromatic carbocycles. The van der Waals surface area contributed by atoms with Crippen molar-refractivity contribution in [2.24, 2.45) is 0 Å². The summed E-state index contributed by atoms with van der Waals surface area (Å²) in [6.45, 7) is 2.04. The third-order valence-corrected chi connectivity index (χ3v) is 5.21. The van der Waals surface area contributed by atoms with Gasteiger partial charge in [-0.05, 0) is 35.6 Å². The molecule has 1 heterocycles. The summed E-state index contributed by atoms with van der Waals surface area (Å²) in [4.78, 5) is 24.9. The molecule has 25 heavy (non-hydrogen) atoms. The lowest BCUT2D eigenvalue weighted by Crippen LogP contribution is -2.60. The molecule has 0 spiro atoms. The first-order valence-corrected chi connectivity index (χ1v) is 8.44. The highest BCUT2D eigenvalue weighted by Gasteiger charge is 2.44. The van der Waals surface area contributed by atoms with Crippen LogP contribution in [0.4, 0.5) is 4.79 Å². The summed E-state index contributed by atoms with van der Waals surface area (Å²) in [7, 11) is 0. The number of rotatable bonds is 3. The maximum Gasteiger partial charge on any atom is 0.410 e. The molecule has 128 valence electrons. The molecule has 2 aromatic rings. The van der Waals surface area contributed by atoms with Crippen LogP contribution >= 0.6 is 0 Å². The third-order valence-electron chi connectivity index (χ3n) is 5.21. The molecule has 1 saturated heterocycles. The Morgan fingerprint density at radius 1 is 1.08 bits per heavy atom. The van der Waals surface area contributed by atoms with E-state index >= 15 is 0 Å². The minimum absolute atomic E-state index is 0.0174. The fourth-order valence-electron chi connectivity index (χ4n) is 3.91. The first-order valence-electron chi connectivity index (χ1n) is 8.44. The quantitative estimate of drug-likeness (QED) is 0.931. The van der Waals surface area contributed by atoms with Crippen LogP contribution in [0.2, 0.25) is 0 Å². The zero-order valence-electron chi connectivity index (χ0n) is 13.9. The minimum Gasteiger partial charge on any atom is -0.480 e. The van der Waals surface area contributed by atoms with Crippen molar-refractivity contribution < 1.29 is 19.4 Å². The van der Waals surface area contributed by atoms with Crippen LogP contribution in [0.3, 0.4) is 0 Å². The summed E-state index contributed by atoms with van der Waals surface area (Å²) in [5.74, 6) is -0.997. The lowest BCUT2D eigenvalue weighted by molar-refractivity contribution is -0.149. The van der Waals surface area contributed by atoms with Gasteiger partial charge in [-0.25, -0.2) is 9.59 Å². The van der Waals surface area contributed by atoms with Crippen molar-refractivity contribution >= 4 is 12.1 Å². The van der Waals surface area contributed by atoms with E-state index in [-0.39, 0.29) is 18.6 Å².